The van der Waals surface area contributed by atoms with E-state index in [0.717, 1.165) is 10.0 Å². The largest absolute Gasteiger partial charge is 0.463 e. The number of rotatable bonds is 4. The Morgan fingerprint density at radius 1 is 1.23 bits per heavy atom. The van der Waals surface area contributed by atoms with Crippen molar-refractivity contribution in [2.24, 2.45) is 4.99 Å². The number of esters is 1. The van der Waals surface area contributed by atoms with Crippen molar-refractivity contribution in [2.45, 2.75) is 19.9 Å². The lowest BCUT2D eigenvalue weighted by molar-refractivity contribution is -0.139. The van der Waals surface area contributed by atoms with Crippen molar-refractivity contribution in [3.05, 3.63) is 101 Å². The van der Waals surface area contributed by atoms with Gasteiger partial charge in [-0.15, -0.1) is 0 Å². The number of carbonyl (C=O) groups is 1. The highest BCUT2D eigenvalue weighted by molar-refractivity contribution is 9.10. The SMILES string of the molecule is CCOC(=O)C1=C(C)N=c2s/c(=C/c3ccc(F)cc3)c(=O)n2[C@H]1c1ccc(Br)cc1. The second-order valence-electron chi connectivity index (χ2n) is 6.91. The Morgan fingerprint density at radius 2 is 1.90 bits per heavy atom. The van der Waals surface area contributed by atoms with Gasteiger partial charge in [0.1, 0.15) is 5.82 Å². The van der Waals surface area contributed by atoms with Crippen molar-refractivity contribution in [3.8, 4) is 0 Å². The van der Waals surface area contributed by atoms with Crippen molar-refractivity contribution >= 4 is 39.3 Å². The molecule has 0 bridgehead atoms. The molecule has 0 saturated carbocycles. The highest BCUT2D eigenvalue weighted by Gasteiger charge is 2.33. The molecule has 5 nitrogen and oxygen atoms in total. The number of halogens is 2. The van der Waals surface area contributed by atoms with E-state index in [1.807, 2.05) is 24.3 Å². The summed E-state index contributed by atoms with van der Waals surface area (Å²) in [6.45, 7) is 3.70. The van der Waals surface area contributed by atoms with Crippen LogP contribution in [0, 0.1) is 5.82 Å². The van der Waals surface area contributed by atoms with Gasteiger partial charge in [0.2, 0.25) is 0 Å². The Hall–Kier alpha value is -2.84. The Labute approximate surface area is 190 Å². The second kappa shape index (κ2) is 8.72. The molecular weight excluding hydrogens is 483 g/mol. The molecule has 1 aromatic heterocycles. The highest BCUT2D eigenvalue weighted by Crippen LogP contribution is 2.31. The zero-order valence-electron chi connectivity index (χ0n) is 16.8. The molecule has 1 atom stereocenters. The van der Waals surface area contributed by atoms with E-state index in [9.17, 15) is 14.0 Å². The van der Waals surface area contributed by atoms with E-state index in [-0.39, 0.29) is 18.0 Å². The number of allylic oxidation sites excluding steroid dienone is 1. The number of fused-ring (bicyclic) bond motifs is 1. The normalized spacial score (nSPS) is 16.1. The lowest BCUT2D eigenvalue weighted by atomic mass is 9.96. The highest BCUT2D eigenvalue weighted by atomic mass is 79.9. The molecule has 3 aromatic rings. The summed E-state index contributed by atoms with van der Waals surface area (Å²) < 4.78 is 21.4. The smallest absolute Gasteiger partial charge is 0.338 e. The van der Waals surface area contributed by atoms with Crippen LogP contribution in [-0.4, -0.2) is 17.1 Å². The third-order valence-electron chi connectivity index (χ3n) is 4.87. The summed E-state index contributed by atoms with van der Waals surface area (Å²) in [5.41, 5.74) is 2.06. The van der Waals surface area contributed by atoms with Crippen LogP contribution in [0.1, 0.15) is 31.0 Å². The van der Waals surface area contributed by atoms with Crippen LogP contribution in [0.4, 0.5) is 4.39 Å². The minimum atomic E-state index is -0.654. The van der Waals surface area contributed by atoms with E-state index < -0.39 is 12.0 Å². The zero-order valence-corrected chi connectivity index (χ0v) is 19.2. The maximum Gasteiger partial charge on any atom is 0.338 e. The molecule has 0 amide bonds. The van der Waals surface area contributed by atoms with Gasteiger partial charge < -0.3 is 4.74 Å². The average Bonchev–Trinajstić information content (AvgIpc) is 3.04. The van der Waals surface area contributed by atoms with Crippen molar-refractivity contribution in [3.63, 3.8) is 0 Å². The van der Waals surface area contributed by atoms with Crippen LogP contribution in [0.3, 0.4) is 0 Å². The standard InChI is InChI=1S/C23H18BrFN2O3S/c1-3-30-22(29)19-13(2)26-23-27(20(19)15-6-8-16(24)9-7-15)21(28)18(31-23)12-14-4-10-17(25)11-5-14/h4-12,20H,3H2,1-2H3/b18-12+/t20-/m0/s1. The fourth-order valence-electron chi connectivity index (χ4n) is 3.46. The monoisotopic (exact) mass is 500 g/mol. The minimum absolute atomic E-state index is 0.220. The number of nitrogens with zero attached hydrogens (tertiary/aromatic N) is 2. The molecule has 0 saturated heterocycles. The first kappa shape index (κ1) is 21.4. The van der Waals surface area contributed by atoms with Crippen molar-refractivity contribution in [1.29, 1.82) is 0 Å². The quantitative estimate of drug-likeness (QED) is 0.513. The molecule has 0 unspecified atom stereocenters. The number of thiazole rings is 1. The summed E-state index contributed by atoms with van der Waals surface area (Å²) >= 11 is 4.65. The third kappa shape index (κ3) is 4.18. The first-order valence-electron chi connectivity index (χ1n) is 9.59. The number of aromatic nitrogens is 1. The molecule has 4 rings (SSSR count). The topological polar surface area (TPSA) is 60.7 Å². The van der Waals surface area contributed by atoms with Gasteiger partial charge in [0.25, 0.3) is 5.56 Å². The first-order chi connectivity index (χ1) is 14.9. The summed E-state index contributed by atoms with van der Waals surface area (Å²) in [7, 11) is 0. The van der Waals surface area contributed by atoms with Gasteiger partial charge in [-0.3, -0.25) is 9.36 Å². The number of carbonyl (C=O) groups excluding carboxylic acids is 1. The Morgan fingerprint density at radius 3 is 2.55 bits per heavy atom. The molecule has 1 aliphatic rings. The van der Waals surface area contributed by atoms with E-state index >= 15 is 0 Å². The van der Waals surface area contributed by atoms with E-state index in [2.05, 4.69) is 20.9 Å². The van der Waals surface area contributed by atoms with Gasteiger partial charge in [-0.05, 0) is 55.3 Å². The fraction of sp³-hybridized carbons (Fsp3) is 0.174. The van der Waals surface area contributed by atoms with Crippen LogP contribution in [0.25, 0.3) is 6.08 Å². The Bertz CT molecular complexity index is 1360. The zero-order chi connectivity index (χ0) is 22.1. The number of hydrogen-bond donors (Lipinski definition) is 0. The molecule has 0 radical (unpaired) electrons. The molecule has 2 heterocycles. The van der Waals surface area contributed by atoms with Crippen molar-refractivity contribution in [2.75, 3.05) is 6.61 Å². The van der Waals surface area contributed by atoms with E-state index in [4.69, 9.17) is 4.74 Å². The van der Waals surface area contributed by atoms with Crippen LogP contribution < -0.4 is 14.9 Å². The summed E-state index contributed by atoms with van der Waals surface area (Å²) in [5.74, 6) is -0.840. The Balaban J connectivity index is 1.94. The van der Waals surface area contributed by atoms with E-state index in [1.54, 1.807) is 32.1 Å². The molecule has 8 heteroatoms. The lowest BCUT2D eigenvalue weighted by Crippen LogP contribution is -2.39. The van der Waals surface area contributed by atoms with E-state index in [1.165, 1.54) is 28.0 Å². The van der Waals surface area contributed by atoms with Crippen LogP contribution in [-0.2, 0) is 9.53 Å². The van der Waals surface area contributed by atoms with Gasteiger partial charge in [0, 0.05) is 4.47 Å². The first-order valence-corrected chi connectivity index (χ1v) is 11.2. The predicted octanol–water partition coefficient (Wildman–Crippen LogP) is 3.70. The summed E-state index contributed by atoms with van der Waals surface area (Å²) in [6, 6.07) is 12.7. The van der Waals surface area contributed by atoms with Gasteiger partial charge in [0.05, 0.1) is 28.5 Å². The molecule has 31 heavy (non-hydrogen) atoms. The van der Waals surface area contributed by atoms with E-state index in [0.29, 0.717) is 26.2 Å². The molecular formula is C23H18BrFN2O3S. The van der Waals surface area contributed by atoms with Crippen LogP contribution in [0.5, 0.6) is 0 Å². The summed E-state index contributed by atoms with van der Waals surface area (Å²) in [4.78, 5) is 31.2. The lowest BCUT2D eigenvalue weighted by Gasteiger charge is -2.24. The Kier molecular flexibility index (Phi) is 6.02. The maximum atomic E-state index is 13.4. The molecule has 2 aromatic carbocycles. The molecule has 1 aliphatic heterocycles. The minimum Gasteiger partial charge on any atom is -0.463 e. The number of hydrogen-bond acceptors (Lipinski definition) is 5. The van der Waals surface area contributed by atoms with Gasteiger partial charge in [-0.1, -0.05) is 51.5 Å². The van der Waals surface area contributed by atoms with Crippen LogP contribution in [0.2, 0.25) is 0 Å². The second-order valence-corrected chi connectivity index (χ2v) is 8.83. The molecule has 0 N–H and O–H groups in total. The van der Waals surface area contributed by atoms with Gasteiger partial charge in [0.15, 0.2) is 4.80 Å². The fourth-order valence-corrected chi connectivity index (χ4v) is 4.77. The third-order valence-corrected chi connectivity index (χ3v) is 6.38. The average molecular weight is 501 g/mol. The molecule has 0 aliphatic carbocycles. The number of benzene rings is 2. The van der Waals surface area contributed by atoms with Gasteiger partial charge in [-0.25, -0.2) is 14.2 Å². The molecule has 0 spiro atoms. The number of ether oxygens (including phenoxy) is 1. The van der Waals surface area contributed by atoms with Crippen molar-refractivity contribution in [1.82, 2.24) is 4.57 Å². The summed E-state index contributed by atoms with van der Waals surface area (Å²) in [5, 5.41) is 0. The molecule has 158 valence electrons. The summed E-state index contributed by atoms with van der Waals surface area (Å²) in [6.07, 6.45) is 1.70. The van der Waals surface area contributed by atoms with Gasteiger partial charge >= 0.3 is 5.97 Å². The van der Waals surface area contributed by atoms with Crippen LogP contribution in [0.15, 0.2) is 74.1 Å². The predicted molar refractivity (Wildman–Crippen MR) is 121 cm³/mol. The van der Waals surface area contributed by atoms with Gasteiger partial charge in [-0.2, -0.15) is 0 Å². The maximum absolute atomic E-state index is 13.4. The van der Waals surface area contributed by atoms with Crippen molar-refractivity contribution < 1.29 is 13.9 Å². The molecule has 0 fully saturated rings. The van der Waals surface area contributed by atoms with Crippen LogP contribution >= 0.6 is 27.3 Å².